The molecule has 0 aliphatic carbocycles. The van der Waals surface area contributed by atoms with Gasteiger partial charge in [-0.05, 0) is 13.8 Å². The van der Waals surface area contributed by atoms with Crippen LogP contribution in [-0.2, 0) is 14.3 Å². The topological polar surface area (TPSA) is 40.0 Å². The van der Waals surface area contributed by atoms with E-state index in [1.807, 2.05) is 13.8 Å². The monoisotopic (exact) mass is 188 g/mol. The first-order valence-electron chi connectivity index (χ1n) is 4.79. The molecule has 4 heteroatoms. The van der Waals surface area contributed by atoms with E-state index in [0.717, 1.165) is 26.3 Å². The molecule has 13 heavy (non-hydrogen) atoms. The Morgan fingerprint density at radius 1 is 1.46 bits per heavy atom. The average Bonchev–Trinajstić information content (AvgIpc) is 2.04. The Labute approximate surface area is 78.8 Å². The highest BCUT2D eigenvalue weighted by molar-refractivity contribution is 5.70. The molecule has 0 atom stereocenters. The van der Waals surface area contributed by atoms with Crippen LogP contribution in [0.4, 0.5) is 0 Å². The van der Waals surface area contributed by atoms with Crippen LogP contribution in [0.3, 0.4) is 0 Å². The van der Waals surface area contributed by atoms with Gasteiger partial charge in [0, 0.05) is 0 Å². The summed E-state index contributed by atoms with van der Waals surface area (Å²) in [7, 11) is 0. The predicted molar refractivity (Wildman–Crippen MR) is 47.6 cm³/mol. The van der Waals surface area contributed by atoms with Crippen molar-refractivity contribution in [2.45, 2.75) is 20.0 Å². The maximum absolute atomic E-state index is 11.2. The molecule has 0 radical (unpaired) electrons. The lowest BCUT2D eigenvalue weighted by Crippen LogP contribution is -3.15. The number of nitrogens with one attached hydrogen (secondary N) is 1. The first-order valence-corrected chi connectivity index (χ1v) is 4.79. The summed E-state index contributed by atoms with van der Waals surface area (Å²) in [5.74, 6) is -0.105. The van der Waals surface area contributed by atoms with Crippen LogP contribution in [0.5, 0.6) is 0 Å². The summed E-state index contributed by atoms with van der Waals surface area (Å²) in [6, 6.07) is 0. The van der Waals surface area contributed by atoms with Crippen molar-refractivity contribution in [3.63, 3.8) is 0 Å². The molecule has 1 fully saturated rings. The molecule has 0 aromatic rings. The third-order valence-corrected chi connectivity index (χ3v) is 1.96. The molecule has 1 N–H and O–H groups in total. The minimum Gasteiger partial charge on any atom is -0.459 e. The summed E-state index contributed by atoms with van der Waals surface area (Å²) < 4.78 is 10.2. The predicted octanol–water partition coefficient (Wildman–Crippen LogP) is -1.15. The Hall–Kier alpha value is -0.610. The minimum absolute atomic E-state index is 0.00654. The van der Waals surface area contributed by atoms with Crippen molar-refractivity contribution >= 4 is 5.97 Å². The van der Waals surface area contributed by atoms with Crippen molar-refractivity contribution in [3.05, 3.63) is 0 Å². The number of esters is 1. The maximum Gasteiger partial charge on any atom is 0.361 e. The van der Waals surface area contributed by atoms with Crippen molar-refractivity contribution in [2.24, 2.45) is 0 Å². The zero-order valence-corrected chi connectivity index (χ0v) is 8.34. The van der Waals surface area contributed by atoms with Gasteiger partial charge in [-0.2, -0.15) is 0 Å². The molecular weight excluding hydrogens is 170 g/mol. The third kappa shape index (κ3) is 4.24. The standard InChI is InChI=1S/C9H17NO3/c1-8(2)13-9(11)7-10-3-5-12-6-4-10/h8H,3-7H2,1-2H3/p+1. The van der Waals surface area contributed by atoms with E-state index in [0.29, 0.717) is 6.54 Å². The highest BCUT2D eigenvalue weighted by Gasteiger charge is 2.18. The van der Waals surface area contributed by atoms with E-state index in [9.17, 15) is 4.79 Å². The first kappa shape index (κ1) is 10.5. The van der Waals surface area contributed by atoms with Crippen LogP contribution in [0.2, 0.25) is 0 Å². The first-order chi connectivity index (χ1) is 6.18. The summed E-state index contributed by atoms with van der Waals surface area (Å²) in [5.41, 5.74) is 0. The zero-order chi connectivity index (χ0) is 9.68. The Kier molecular flexibility index (Phi) is 4.18. The Balaban J connectivity index is 2.18. The van der Waals surface area contributed by atoms with E-state index in [-0.39, 0.29) is 12.1 Å². The second-order valence-electron chi connectivity index (χ2n) is 3.58. The lowest BCUT2D eigenvalue weighted by atomic mass is 10.4. The second kappa shape index (κ2) is 5.19. The van der Waals surface area contributed by atoms with Gasteiger partial charge in [0.05, 0.1) is 19.3 Å². The van der Waals surface area contributed by atoms with Crippen LogP contribution in [0.15, 0.2) is 0 Å². The van der Waals surface area contributed by atoms with Crippen molar-refractivity contribution in [3.8, 4) is 0 Å². The number of morpholine rings is 1. The van der Waals surface area contributed by atoms with Crippen LogP contribution in [0, 0.1) is 0 Å². The van der Waals surface area contributed by atoms with Crippen molar-refractivity contribution in [2.75, 3.05) is 32.8 Å². The molecule has 76 valence electrons. The van der Waals surface area contributed by atoms with Gasteiger partial charge in [0.1, 0.15) is 13.1 Å². The lowest BCUT2D eigenvalue weighted by molar-refractivity contribution is -0.900. The van der Waals surface area contributed by atoms with Gasteiger partial charge < -0.3 is 14.4 Å². The van der Waals surface area contributed by atoms with Crippen molar-refractivity contribution in [1.82, 2.24) is 0 Å². The number of rotatable bonds is 3. The molecular formula is C9H18NO3+. The molecule has 0 amide bonds. The van der Waals surface area contributed by atoms with E-state index in [4.69, 9.17) is 9.47 Å². The quantitative estimate of drug-likeness (QED) is 0.569. The van der Waals surface area contributed by atoms with Gasteiger partial charge in [0.15, 0.2) is 6.54 Å². The second-order valence-corrected chi connectivity index (χ2v) is 3.58. The van der Waals surface area contributed by atoms with Crippen molar-refractivity contribution < 1.29 is 19.2 Å². The Morgan fingerprint density at radius 2 is 2.08 bits per heavy atom. The molecule has 1 heterocycles. The molecule has 1 aliphatic heterocycles. The van der Waals surface area contributed by atoms with E-state index in [1.54, 1.807) is 0 Å². The number of hydrogen-bond acceptors (Lipinski definition) is 3. The fourth-order valence-corrected chi connectivity index (χ4v) is 1.35. The van der Waals surface area contributed by atoms with Crippen LogP contribution >= 0.6 is 0 Å². The molecule has 4 nitrogen and oxygen atoms in total. The summed E-state index contributed by atoms with van der Waals surface area (Å²) >= 11 is 0. The third-order valence-electron chi connectivity index (χ3n) is 1.96. The fraction of sp³-hybridized carbons (Fsp3) is 0.889. The number of carbonyl (C=O) groups is 1. The van der Waals surface area contributed by atoms with Crippen molar-refractivity contribution in [1.29, 1.82) is 0 Å². The Morgan fingerprint density at radius 3 is 2.62 bits per heavy atom. The molecule has 0 aromatic carbocycles. The van der Waals surface area contributed by atoms with E-state index >= 15 is 0 Å². The summed E-state index contributed by atoms with van der Waals surface area (Å²) in [4.78, 5) is 12.5. The zero-order valence-electron chi connectivity index (χ0n) is 8.34. The lowest BCUT2D eigenvalue weighted by Gasteiger charge is -2.23. The number of hydrogen-bond donors (Lipinski definition) is 1. The minimum atomic E-state index is -0.105. The van der Waals surface area contributed by atoms with Gasteiger partial charge >= 0.3 is 5.97 Å². The number of quaternary nitrogens is 1. The van der Waals surface area contributed by atoms with Gasteiger partial charge in [0.2, 0.25) is 0 Å². The van der Waals surface area contributed by atoms with Crippen LogP contribution in [0.25, 0.3) is 0 Å². The van der Waals surface area contributed by atoms with Gasteiger partial charge in [-0.1, -0.05) is 0 Å². The molecule has 0 bridgehead atoms. The largest absolute Gasteiger partial charge is 0.459 e. The average molecular weight is 188 g/mol. The van der Waals surface area contributed by atoms with Crippen LogP contribution in [0.1, 0.15) is 13.8 Å². The molecule has 0 aromatic heterocycles. The van der Waals surface area contributed by atoms with E-state index in [1.165, 1.54) is 4.90 Å². The Bertz CT molecular complexity index is 164. The summed E-state index contributed by atoms with van der Waals surface area (Å²) in [5, 5.41) is 0. The molecule has 0 spiro atoms. The summed E-state index contributed by atoms with van der Waals surface area (Å²) in [6.07, 6.45) is -0.00654. The molecule has 1 aliphatic rings. The van der Waals surface area contributed by atoms with Gasteiger partial charge in [-0.25, -0.2) is 4.79 Å². The van der Waals surface area contributed by atoms with E-state index in [2.05, 4.69) is 0 Å². The number of ether oxygens (including phenoxy) is 2. The summed E-state index contributed by atoms with van der Waals surface area (Å²) in [6.45, 7) is 7.54. The molecule has 1 rings (SSSR count). The van der Waals surface area contributed by atoms with Crippen LogP contribution < -0.4 is 4.90 Å². The smallest absolute Gasteiger partial charge is 0.361 e. The SMILES string of the molecule is CC(C)OC(=O)C[NH+]1CCOCC1. The maximum atomic E-state index is 11.2. The molecule has 0 saturated carbocycles. The molecule has 1 saturated heterocycles. The van der Waals surface area contributed by atoms with Gasteiger partial charge in [-0.15, -0.1) is 0 Å². The highest BCUT2D eigenvalue weighted by Crippen LogP contribution is 1.86. The van der Waals surface area contributed by atoms with Gasteiger partial charge in [0.25, 0.3) is 0 Å². The highest BCUT2D eigenvalue weighted by atomic mass is 16.5. The van der Waals surface area contributed by atoms with E-state index < -0.39 is 0 Å². The number of carbonyl (C=O) groups excluding carboxylic acids is 1. The molecule has 0 unspecified atom stereocenters. The van der Waals surface area contributed by atoms with Crippen LogP contribution in [-0.4, -0.2) is 44.9 Å². The van der Waals surface area contributed by atoms with Gasteiger partial charge in [-0.3, -0.25) is 0 Å². The normalized spacial score (nSPS) is 19.0. The fourth-order valence-electron chi connectivity index (χ4n) is 1.35.